The van der Waals surface area contributed by atoms with Crippen LogP contribution in [0.25, 0.3) is 0 Å². The van der Waals surface area contributed by atoms with Gasteiger partial charge in [0.25, 0.3) is 5.91 Å². The molecule has 2 heterocycles. The van der Waals surface area contributed by atoms with Crippen molar-refractivity contribution >= 4 is 11.8 Å². The maximum Gasteiger partial charge on any atom is 0.254 e. The maximum absolute atomic E-state index is 12.7. The first-order chi connectivity index (χ1) is 11.5. The van der Waals surface area contributed by atoms with Crippen LogP contribution in [-0.2, 0) is 19.1 Å². The number of fused-ring (bicyclic) bond motifs is 1. The van der Waals surface area contributed by atoms with Crippen LogP contribution in [0.3, 0.4) is 0 Å². The summed E-state index contributed by atoms with van der Waals surface area (Å²) >= 11 is 0. The summed E-state index contributed by atoms with van der Waals surface area (Å²) in [5.41, 5.74) is 0. The second-order valence-electron chi connectivity index (χ2n) is 6.92. The van der Waals surface area contributed by atoms with Gasteiger partial charge in [-0.2, -0.15) is 0 Å². The minimum Gasteiger partial charge on any atom is -0.368 e. The summed E-state index contributed by atoms with van der Waals surface area (Å²) in [7, 11) is 0. The lowest BCUT2D eigenvalue weighted by Crippen LogP contribution is -2.53. The molecule has 1 N–H and O–H groups in total. The molecule has 6 nitrogen and oxygen atoms in total. The minimum atomic E-state index is -0.552. The molecule has 0 aromatic heterocycles. The van der Waals surface area contributed by atoms with Gasteiger partial charge in [-0.1, -0.05) is 24.3 Å². The number of amides is 2. The van der Waals surface area contributed by atoms with Crippen LogP contribution >= 0.6 is 0 Å². The molecule has 2 aliphatic heterocycles. The van der Waals surface area contributed by atoms with Gasteiger partial charge in [-0.25, -0.2) is 0 Å². The average Bonchev–Trinajstić information content (AvgIpc) is 2.60. The highest BCUT2D eigenvalue weighted by Gasteiger charge is 2.37. The number of hydrogen-bond donors (Lipinski definition) is 1. The van der Waals surface area contributed by atoms with Gasteiger partial charge in [0, 0.05) is 25.0 Å². The smallest absolute Gasteiger partial charge is 0.254 e. The third-order valence-corrected chi connectivity index (χ3v) is 4.68. The van der Waals surface area contributed by atoms with E-state index in [9.17, 15) is 9.59 Å². The molecule has 2 fully saturated rings. The Hall–Kier alpha value is -1.66. The molecule has 0 saturated carbocycles. The molecule has 2 amide bonds. The number of likely N-dealkylation sites (tertiary alicyclic amines) is 1. The van der Waals surface area contributed by atoms with Gasteiger partial charge in [0.2, 0.25) is 5.91 Å². The Morgan fingerprint density at radius 2 is 1.79 bits per heavy atom. The summed E-state index contributed by atoms with van der Waals surface area (Å²) in [6, 6.07) is 0.149. The molecule has 132 valence electrons. The lowest BCUT2D eigenvalue weighted by molar-refractivity contribution is -0.177. The predicted octanol–water partition coefficient (Wildman–Crippen LogP) is 1.03. The SMILES string of the molecule is CC(C)NC(=O)C1CCN(C(=O)C2COC3C=CC=CC3O2)CC1. The molecule has 6 heteroatoms. The summed E-state index contributed by atoms with van der Waals surface area (Å²) in [6.45, 7) is 5.39. The topological polar surface area (TPSA) is 67.9 Å². The molecule has 3 atom stereocenters. The molecule has 0 radical (unpaired) electrons. The first-order valence-electron chi connectivity index (χ1n) is 8.76. The Morgan fingerprint density at radius 1 is 1.12 bits per heavy atom. The van der Waals surface area contributed by atoms with Gasteiger partial charge in [0.1, 0.15) is 12.2 Å². The Labute approximate surface area is 142 Å². The summed E-state index contributed by atoms with van der Waals surface area (Å²) in [5.74, 6) is 0.0613. The summed E-state index contributed by atoms with van der Waals surface area (Å²) in [5, 5.41) is 2.95. The third-order valence-electron chi connectivity index (χ3n) is 4.68. The standard InChI is InChI=1S/C18H26N2O4/c1-12(2)19-17(21)13-7-9-20(10-8-13)18(22)16-11-23-14-5-3-4-6-15(14)24-16/h3-6,12-16H,7-11H2,1-2H3,(H,19,21). The van der Waals surface area contributed by atoms with Crippen molar-refractivity contribution in [1.29, 1.82) is 0 Å². The first-order valence-corrected chi connectivity index (χ1v) is 8.76. The largest absolute Gasteiger partial charge is 0.368 e. The van der Waals surface area contributed by atoms with Crippen molar-refractivity contribution in [2.75, 3.05) is 19.7 Å². The number of ether oxygens (including phenoxy) is 2. The number of rotatable bonds is 3. The van der Waals surface area contributed by atoms with E-state index in [-0.39, 0.29) is 42.6 Å². The van der Waals surface area contributed by atoms with Gasteiger partial charge in [0.05, 0.1) is 6.61 Å². The van der Waals surface area contributed by atoms with E-state index in [0.29, 0.717) is 25.9 Å². The van der Waals surface area contributed by atoms with Gasteiger partial charge < -0.3 is 19.7 Å². The van der Waals surface area contributed by atoms with Gasteiger partial charge in [-0.05, 0) is 26.7 Å². The van der Waals surface area contributed by atoms with E-state index in [4.69, 9.17) is 9.47 Å². The molecule has 3 rings (SSSR count). The second kappa shape index (κ2) is 7.49. The molecule has 1 aliphatic carbocycles. The third kappa shape index (κ3) is 3.87. The van der Waals surface area contributed by atoms with E-state index in [1.165, 1.54) is 0 Å². The zero-order chi connectivity index (χ0) is 17.1. The Morgan fingerprint density at radius 3 is 2.46 bits per heavy atom. The van der Waals surface area contributed by atoms with Crippen molar-refractivity contribution in [2.24, 2.45) is 5.92 Å². The quantitative estimate of drug-likeness (QED) is 0.837. The van der Waals surface area contributed by atoms with Gasteiger partial charge >= 0.3 is 0 Å². The van der Waals surface area contributed by atoms with Crippen molar-refractivity contribution in [1.82, 2.24) is 10.2 Å². The van der Waals surface area contributed by atoms with Crippen LogP contribution < -0.4 is 5.32 Å². The van der Waals surface area contributed by atoms with Crippen LogP contribution in [0.2, 0.25) is 0 Å². The van der Waals surface area contributed by atoms with E-state index in [1.54, 1.807) is 4.90 Å². The van der Waals surface area contributed by atoms with E-state index in [2.05, 4.69) is 5.32 Å². The number of carbonyl (C=O) groups is 2. The molecule has 3 unspecified atom stereocenters. The van der Waals surface area contributed by atoms with E-state index >= 15 is 0 Å². The lowest BCUT2D eigenvalue weighted by Gasteiger charge is -2.38. The first kappa shape index (κ1) is 17.2. The van der Waals surface area contributed by atoms with Crippen molar-refractivity contribution in [3.05, 3.63) is 24.3 Å². The van der Waals surface area contributed by atoms with E-state index in [0.717, 1.165) is 0 Å². The summed E-state index contributed by atoms with van der Waals surface area (Å²) in [6.07, 6.45) is 8.28. The Balaban J connectivity index is 1.49. The van der Waals surface area contributed by atoms with Gasteiger partial charge in [-0.15, -0.1) is 0 Å². The van der Waals surface area contributed by atoms with E-state index < -0.39 is 6.10 Å². The highest BCUT2D eigenvalue weighted by molar-refractivity contribution is 5.82. The molecule has 0 spiro atoms. The van der Waals surface area contributed by atoms with Crippen molar-refractivity contribution in [2.45, 2.75) is 51.0 Å². The average molecular weight is 334 g/mol. The number of allylic oxidation sites excluding steroid dienone is 2. The molecule has 0 aromatic rings. The van der Waals surface area contributed by atoms with E-state index in [1.807, 2.05) is 38.2 Å². The molecular formula is C18H26N2O4. The Kier molecular flexibility index (Phi) is 5.36. The van der Waals surface area contributed by atoms with Crippen LogP contribution in [0.5, 0.6) is 0 Å². The number of nitrogens with one attached hydrogen (secondary N) is 1. The molecule has 0 aromatic carbocycles. The van der Waals surface area contributed by atoms with Crippen molar-refractivity contribution in [3.8, 4) is 0 Å². The number of hydrogen-bond acceptors (Lipinski definition) is 4. The molecule has 24 heavy (non-hydrogen) atoms. The zero-order valence-electron chi connectivity index (χ0n) is 14.3. The predicted molar refractivity (Wildman–Crippen MR) is 89.3 cm³/mol. The minimum absolute atomic E-state index is 0.00392. The fraction of sp³-hybridized carbons (Fsp3) is 0.667. The number of carbonyl (C=O) groups excluding carboxylic acids is 2. The van der Waals surface area contributed by atoms with Crippen LogP contribution in [0.15, 0.2) is 24.3 Å². The fourth-order valence-corrected chi connectivity index (χ4v) is 3.36. The number of nitrogens with zero attached hydrogens (tertiary/aromatic N) is 1. The van der Waals surface area contributed by atoms with Crippen LogP contribution in [0.1, 0.15) is 26.7 Å². The monoisotopic (exact) mass is 334 g/mol. The second-order valence-corrected chi connectivity index (χ2v) is 6.92. The highest BCUT2D eigenvalue weighted by atomic mass is 16.6. The summed E-state index contributed by atoms with van der Waals surface area (Å²) in [4.78, 5) is 26.5. The van der Waals surface area contributed by atoms with Crippen molar-refractivity contribution in [3.63, 3.8) is 0 Å². The van der Waals surface area contributed by atoms with Gasteiger partial charge in [-0.3, -0.25) is 9.59 Å². The molecule has 3 aliphatic rings. The lowest BCUT2D eigenvalue weighted by atomic mass is 9.95. The highest BCUT2D eigenvalue weighted by Crippen LogP contribution is 2.23. The van der Waals surface area contributed by atoms with Crippen molar-refractivity contribution < 1.29 is 19.1 Å². The maximum atomic E-state index is 12.7. The number of piperidine rings is 1. The van der Waals surface area contributed by atoms with Crippen LogP contribution in [0.4, 0.5) is 0 Å². The van der Waals surface area contributed by atoms with Crippen LogP contribution in [-0.4, -0.2) is 60.8 Å². The molecular weight excluding hydrogens is 308 g/mol. The Bertz CT molecular complexity index is 535. The zero-order valence-corrected chi connectivity index (χ0v) is 14.3. The fourth-order valence-electron chi connectivity index (χ4n) is 3.36. The van der Waals surface area contributed by atoms with Gasteiger partial charge in [0.15, 0.2) is 6.10 Å². The summed E-state index contributed by atoms with van der Waals surface area (Å²) < 4.78 is 11.6. The van der Waals surface area contributed by atoms with Crippen LogP contribution in [0, 0.1) is 5.92 Å². The molecule has 2 saturated heterocycles. The normalized spacial score (nSPS) is 30.3. The molecule has 0 bridgehead atoms.